The van der Waals surface area contributed by atoms with Gasteiger partial charge in [0.15, 0.2) is 5.17 Å². The first-order valence-electron chi connectivity index (χ1n) is 15.8. The van der Waals surface area contributed by atoms with Gasteiger partial charge in [0.2, 0.25) is 18.1 Å². The van der Waals surface area contributed by atoms with Gasteiger partial charge in [0.25, 0.3) is 0 Å². The van der Waals surface area contributed by atoms with Crippen molar-refractivity contribution in [2.45, 2.75) is 52.6 Å². The van der Waals surface area contributed by atoms with Crippen molar-refractivity contribution in [2.75, 3.05) is 12.3 Å². The fourth-order valence-electron chi connectivity index (χ4n) is 4.13. The van der Waals surface area contributed by atoms with Crippen molar-refractivity contribution in [1.82, 2.24) is 16.1 Å². The van der Waals surface area contributed by atoms with Gasteiger partial charge in [-0.05, 0) is 87.7 Å². The number of nitrogens with two attached hydrogens (primary N) is 1. The second-order valence-corrected chi connectivity index (χ2v) is 13.1. The van der Waals surface area contributed by atoms with Gasteiger partial charge in [-0.1, -0.05) is 42.1 Å². The fourth-order valence-corrected chi connectivity index (χ4v) is 4.77. The highest BCUT2D eigenvalue weighted by Gasteiger charge is 2.31. The number of alkyl halides is 3. The number of nitrogen functional groups attached to an aromatic ring is 1. The van der Waals surface area contributed by atoms with E-state index in [4.69, 9.17) is 10.5 Å². The van der Waals surface area contributed by atoms with E-state index in [1.54, 1.807) is 45.0 Å². The number of para-hydroxylation sites is 1. The summed E-state index contributed by atoms with van der Waals surface area (Å²) in [6.07, 6.45) is -2.88. The first-order chi connectivity index (χ1) is 24.9. The van der Waals surface area contributed by atoms with Crippen LogP contribution in [0.5, 0.6) is 5.75 Å². The Morgan fingerprint density at radius 2 is 1.64 bits per heavy atom. The number of aliphatic carboxylic acids is 1. The van der Waals surface area contributed by atoms with Gasteiger partial charge in [-0.15, -0.1) is 18.2 Å². The average Bonchev–Trinajstić information content (AvgIpc) is 3.06. The van der Waals surface area contributed by atoms with Gasteiger partial charge in [-0.3, -0.25) is 10.2 Å². The van der Waals surface area contributed by atoms with E-state index in [0.29, 0.717) is 22.5 Å². The Morgan fingerprint density at radius 1 is 1.00 bits per heavy atom. The third-order valence-corrected chi connectivity index (χ3v) is 7.45. The summed E-state index contributed by atoms with van der Waals surface area (Å²) >= 11 is 1.04. The van der Waals surface area contributed by atoms with Crippen LogP contribution in [0.4, 0.5) is 29.3 Å². The smallest absolute Gasteiger partial charge is 0.480 e. The number of carboxylic acids is 1. The van der Waals surface area contributed by atoms with E-state index in [9.17, 15) is 32.7 Å². The first-order valence-corrected chi connectivity index (χ1v) is 16.8. The normalized spacial score (nSPS) is 13.1. The monoisotopic (exact) mass is 757 g/mol. The molecular formula is C35H40F3N8O6S+. The highest BCUT2D eigenvalue weighted by molar-refractivity contribution is 8.14. The lowest BCUT2D eigenvalue weighted by molar-refractivity contribution is -0.303. The lowest BCUT2D eigenvalue weighted by Gasteiger charge is -2.22. The average molecular weight is 758 g/mol. The summed E-state index contributed by atoms with van der Waals surface area (Å²) in [4.78, 5) is 48.0. The second kappa shape index (κ2) is 19.1. The predicted molar refractivity (Wildman–Crippen MR) is 197 cm³/mol. The maximum Gasteiger partial charge on any atom is 0.573 e. The summed E-state index contributed by atoms with van der Waals surface area (Å²) < 4.78 is 46.0. The van der Waals surface area contributed by atoms with E-state index in [-0.39, 0.29) is 29.1 Å². The van der Waals surface area contributed by atoms with E-state index >= 15 is 0 Å². The lowest BCUT2D eigenvalue weighted by Crippen LogP contribution is -2.74. The highest BCUT2D eigenvalue weighted by atomic mass is 32.2. The molecule has 0 saturated heterocycles. The number of nitrogens with one attached hydrogen (secondary N) is 4. The lowest BCUT2D eigenvalue weighted by atomic mass is 10.1. The molecule has 3 rings (SSSR count). The molecule has 1 unspecified atom stereocenters. The van der Waals surface area contributed by atoms with Crippen molar-refractivity contribution in [3.63, 3.8) is 0 Å². The zero-order chi connectivity index (χ0) is 39.2. The number of carbonyl (C=O) groups excluding carboxylic acids is 2. The maximum absolute atomic E-state index is 12.7. The van der Waals surface area contributed by atoms with E-state index in [1.807, 2.05) is 32.0 Å². The van der Waals surface area contributed by atoms with Gasteiger partial charge in [0, 0.05) is 12.1 Å². The molecule has 2 amide bonds. The van der Waals surface area contributed by atoms with E-state index in [2.05, 4.69) is 40.9 Å². The molecule has 0 aliphatic heterocycles. The van der Waals surface area contributed by atoms with Crippen molar-refractivity contribution < 1.29 is 47.1 Å². The van der Waals surface area contributed by atoms with Crippen LogP contribution >= 0.6 is 11.8 Å². The summed E-state index contributed by atoms with van der Waals surface area (Å²) in [6.45, 7) is 8.33. The summed E-state index contributed by atoms with van der Waals surface area (Å²) in [5.41, 5.74) is 12.3. The van der Waals surface area contributed by atoms with Crippen LogP contribution in [-0.4, -0.2) is 76.9 Å². The van der Waals surface area contributed by atoms with Gasteiger partial charge < -0.3 is 30.9 Å². The van der Waals surface area contributed by atoms with Crippen LogP contribution in [-0.2, 0) is 14.3 Å². The number of hydrogen-bond donors (Lipinski definition) is 6. The maximum atomic E-state index is 12.7. The summed E-state index contributed by atoms with van der Waals surface area (Å²) in [7, 11) is 0. The third-order valence-electron chi connectivity index (χ3n) is 6.58. The number of hydrogen-bond acceptors (Lipinski definition) is 9. The predicted octanol–water partition coefficient (Wildman–Crippen LogP) is 3.79. The summed E-state index contributed by atoms with van der Waals surface area (Å²) in [6, 6.07) is 16.2. The molecule has 3 aromatic carbocycles. The topological polar surface area (TPSA) is 203 Å². The molecule has 0 radical (unpaired) electrons. The Kier molecular flexibility index (Phi) is 14.9. The number of halogens is 3. The minimum absolute atomic E-state index is 0.150. The Hall–Kier alpha value is -5.91. The number of thioether (sulfide) groups is 1. The molecule has 53 heavy (non-hydrogen) atoms. The molecule has 18 heteroatoms. The molecule has 0 saturated carbocycles. The molecule has 0 spiro atoms. The number of aliphatic imine (C=N–C) groups is 2. The number of alkyl carbamates (subject to hydrolysis) is 1. The second-order valence-electron chi connectivity index (χ2n) is 12.1. The number of rotatable bonds is 13. The summed E-state index contributed by atoms with van der Waals surface area (Å²) in [5.74, 6) is -2.10. The molecule has 3 aromatic rings. The number of carbonyl (C=O) groups is 3. The van der Waals surface area contributed by atoms with E-state index in [1.165, 1.54) is 24.7 Å². The first kappa shape index (κ1) is 41.5. The highest BCUT2D eigenvalue weighted by Crippen LogP contribution is 2.25. The van der Waals surface area contributed by atoms with Gasteiger partial charge in [0.1, 0.15) is 23.1 Å². The molecule has 0 bridgehead atoms. The molecule has 0 aliphatic carbocycles. The fraction of sp³-hybridized carbons (Fsp3) is 0.286. The van der Waals surface area contributed by atoms with Gasteiger partial charge in [0.05, 0.1) is 17.7 Å². The number of amides is 2. The number of nitrogens with zero attached hydrogens (tertiary/aromatic N) is 3. The van der Waals surface area contributed by atoms with Crippen molar-refractivity contribution in [3.8, 4) is 5.75 Å². The Labute approximate surface area is 307 Å². The van der Waals surface area contributed by atoms with Crippen LogP contribution in [0.15, 0.2) is 81.8 Å². The van der Waals surface area contributed by atoms with Crippen LogP contribution in [0.1, 0.15) is 43.0 Å². The molecule has 0 aliphatic rings. The minimum Gasteiger partial charge on any atom is -0.480 e. The Bertz CT molecular complexity index is 1840. The van der Waals surface area contributed by atoms with Gasteiger partial charge >= 0.3 is 18.4 Å². The molecule has 1 atom stereocenters. The number of amidine groups is 2. The largest absolute Gasteiger partial charge is 0.573 e. The van der Waals surface area contributed by atoms with Crippen LogP contribution < -0.4 is 31.5 Å². The summed E-state index contributed by atoms with van der Waals surface area (Å²) in [5, 5.41) is 18.8. The number of hydrazone groups is 1. The van der Waals surface area contributed by atoms with Gasteiger partial charge in [-0.2, -0.15) is 5.10 Å². The number of ether oxygens (including phenoxy) is 2. The van der Waals surface area contributed by atoms with Crippen molar-refractivity contribution in [1.29, 1.82) is 0 Å². The molecule has 14 nitrogen and oxygen atoms in total. The molecule has 7 N–H and O–H groups in total. The molecule has 0 fully saturated rings. The SMILES string of the molecule is Cc1cccc(C)c1N=C(N/N=C/c1ccc(C(N)=[NH+]C=Nc2ccc(OC(F)(F)F)cc2)cc1)SCC(=O)NCC(NC(=O)OC(C)(C)C)C(=O)O. The van der Waals surface area contributed by atoms with Crippen LogP contribution in [0, 0.1) is 13.8 Å². The van der Waals surface area contributed by atoms with Gasteiger partial charge in [-0.25, -0.2) is 19.6 Å². The van der Waals surface area contributed by atoms with Crippen molar-refractivity contribution in [3.05, 3.63) is 89.0 Å². The van der Waals surface area contributed by atoms with Crippen molar-refractivity contribution >= 4 is 64.7 Å². The molecule has 0 heterocycles. The quantitative estimate of drug-likeness (QED) is 0.0852. The van der Waals surface area contributed by atoms with Crippen molar-refractivity contribution in [2.24, 2.45) is 20.8 Å². The zero-order valence-corrected chi connectivity index (χ0v) is 30.3. The molecule has 282 valence electrons. The number of aryl methyl sites for hydroxylation is 2. The molecular weight excluding hydrogens is 717 g/mol. The number of benzene rings is 3. The standard InChI is InChI=1S/C35H39F3N8O6S/c1-21-7-6-8-22(2)29(21)45-32(53-19-28(47)40-18-27(31(48)49)44-33(50)52-34(3,4)5)46-43-17-23-9-11-24(12-10-23)30(39)42-20-41-25-13-15-26(16-14-25)51-35(36,37)38/h6-17,20,27H,18-19H2,1-5H3,(H,40,47)(H,44,50)(H,45,46)(H,48,49)(H2,39,41,42)/p+1/b43-17+. The van der Waals surface area contributed by atoms with Crippen LogP contribution in [0.3, 0.4) is 0 Å². The zero-order valence-electron chi connectivity index (χ0n) is 29.4. The third kappa shape index (κ3) is 15.5. The Balaban J connectivity index is 1.63. The van der Waals surface area contributed by atoms with Crippen LogP contribution in [0.2, 0.25) is 0 Å². The number of carboxylic acid groups (broad SMARTS) is 1. The molecule has 0 aromatic heterocycles. The Morgan fingerprint density at radius 3 is 2.23 bits per heavy atom. The van der Waals surface area contributed by atoms with E-state index < -0.39 is 36.0 Å². The van der Waals surface area contributed by atoms with Crippen LogP contribution in [0.25, 0.3) is 0 Å². The van der Waals surface area contributed by atoms with E-state index in [0.717, 1.165) is 35.0 Å². The minimum atomic E-state index is -4.78.